The van der Waals surface area contributed by atoms with E-state index in [1.165, 1.54) is 0 Å². The lowest BCUT2D eigenvalue weighted by molar-refractivity contribution is -0.130. The zero-order chi connectivity index (χ0) is 9.30. The lowest BCUT2D eigenvalue weighted by Gasteiger charge is -2.11. The van der Waals surface area contributed by atoms with Crippen molar-refractivity contribution in [2.24, 2.45) is 5.92 Å². The molecule has 1 saturated heterocycles. The van der Waals surface area contributed by atoms with Crippen molar-refractivity contribution in [2.45, 2.75) is 19.9 Å². The fraction of sp³-hybridized carbons (Fsp3) is 0.714. The fourth-order valence-electron chi connectivity index (χ4n) is 1.13. The second-order valence-electron chi connectivity index (χ2n) is 3.08. The topological polar surface area (TPSA) is 69.6 Å². The van der Waals surface area contributed by atoms with Crippen LogP contribution in [0, 0.1) is 5.92 Å². The van der Waals surface area contributed by atoms with Gasteiger partial charge in [-0.15, -0.1) is 0 Å². The maximum Gasteiger partial charge on any atom is 0.326 e. The molecule has 0 aromatic rings. The van der Waals surface area contributed by atoms with Gasteiger partial charge in [-0.2, -0.15) is 0 Å². The predicted octanol–water partition coefficient (Wildman–Crippen LogP) is -0.487. The highest BCUT2D eigenvalue weighted by molar-refractivity contribution is 6.04. The molecular formula is C7H12N2O3. The highest BCUT2D eigenvalue weighted by Gasteiger charge is 2.38. The predicted molar refractivity (Wildman–Crippen MR) is 41.1 cm³/mol. The van der Waals surface area contributed by atoms with Gasteiger partial charge in [-0.3, -0.25) is 4.79 Å². The Kier molecular flexibility index (Phi) is 2.32. The Hall–Kier alpha value is -1.10. The summed E-state index contributed by atoms with van der Waals surface area (Å²) in [7, 11) is 0. The lowest BCUT2D eigenvalue weighted by atomic mass is 10.1. The van der Waals surface area contributed by atoms with Gasteiger partial charge in [0.25, 0.3) is 5.91 Å². The summed E-state index contributed by atoms with van der Waals surface area (Å²) in [6.45, 7) is 3.13. The van der Waals surface area contributed by atoms with Crippen LogP contribution in [0.5, 0.6) is 0 Å². The van der Waals surface area contributed by atoms with Crippen LogP contribution in [0.1, 0.15) is 13.8 Å². The van der Waals surface area contributed by atoms with Crippen LogP contribution in [0.4, 0.5) is 4.79 Å². The number of aliphatic hydroxyl groups is 1. The first-order valence-corrected chi connectivity index (χ1v) is 3.80. The van der Waals surface area contributed by atoms with Gasteiger partial charge in [0, 0.05) is 0 Å². The second kappa shape index (κ2) is 3.10. The third-order valence-electron chi connectivity index (χ3n) is 1.86. The highest BCUT2D eigenvalue weighted by atomic mass is 16.3. The fourth-order valence-corrected chi connectivity index (χ4v) is 1.13. The zero-order valence-corrected chi connectivity index (χ0v) is 7.07. The minimum atomic E-state index is -0.548. The van der Waals surface area contributed by atoms with Crippen molar-refractivity contribution in [1.82, 2.24) is 10.2 Å². The number of hydrogen-bond donors (Lipinski definition) is 2. The molecule has 5 nitrogen and oxygen atoms in total. The minimum Gasteiger partial charge on any atom is -0.376 e. The number of aliphatic hydroxyl groups excluding tert-OH is 1. The van der Waals surface area contributed by atoms with E-state index in [0.29, 0.717) is 0 Å². The third-order valence-corrected chi connectivity index (χ3v) is 1.86. The largest absolute Gasteiger partial charge is 0.376 e. The van der Waals surface area contributed by atoms with Gasteiger partial charge >= 0.3 is 6.03 Å². The van der Waals surface area contributed by atoms with Crippen LogP contribution in [0.25, 0.3) is 0 Å². The Morgan fingerprint density at radius 3 is 2.42 bits per heavy atom. The maximum atomic E-state index is 11.3. The lowest BCUT2D eigenvalue weighted by Crippen LogP contribution is -2.34. The van der Waals surface area contributed by atoms with E-state index in [1.54, 1.807) is 0 Å². The first-order valence-electron chi connectivity index (χ1n) is 3.80. The van der Waals surface area contributed by atoms with Crippen LogP contribution in [0.3, 0.4) is 0 Å². The van der Waals surface area contributed by atoms with Gasteiger partial charge in [-0.05, 0) is 5.92 Å². The van der Waals surface area contributed by atoms with Gasteiger partial charge < -0.3 is 10.4 Å². The normalized spacial score (nSPS) is 23.7. The van der Waals surface area contributed by atoms with Gasteiger partial charge in [0.05, 0.1) is 0 Å². The third kappa shape index (κ3) is 1.27. The van der Waals surface area contributed by atoms with Crippen LogP contribution in [-0.2, 0) is 4.79 Å². The summed E-state index contributed by atoms with van der Waals surface area (Å²) in [5.74, 6) is -0.296. The number of imide groups is 1. The molecule has 0 aliphatic carbocycles. The van der Waals surface area contributed by atoms with E-state index in [4.69, 9.17) is 5.11 Å². The van der Waals surface area contributed by atoms with Gasteiger partial charge in [0.2, 0.25) is 0 Å². The SMILES string of the molecule is CC(C)C1NC(=O)N(CO)C1=O. The monoisotopic (exact) mass is 172 g/mol. The number of nitrogens with zero attached hydrogens (tertiary/aromatic N) is 1. The summed E-state index contributed by atoms with van der Waals surface area (Å²) in [5, 5.41) is 11.1. The molecule has 2 N–H and O–H groups in total. The standard InChI is InChI=1S/C7H12N2O3/c1-4(2)5-6(11)9(3-10)7(12)8-5/h4-5,10H,3H2,1-2H3,(H,8,12). The van der Waals surface area contributed by atoms with E-state index >= 15 is 0 Å². The molecule has 5 heteroatoms. The van der Waals surface area contributed by atoms with Crippen molar-refractivity contribution < 1.29 is 14.7 Å². The summed E-state index contributed by atoms with van der Waals surface area (Å²) < 4.78 is 0. The van der Waals surface area contributed by atoms with Crippen molar-refractivity contribution in [3.8, 4) is 0 Å². The van der Waals surface area contributed by atoms with Gasteiger partial charge in [-0.25, -0.2) is 9.69 Å². The summed E-state index contributed by atoms with van der Waals surface area (Å²) in [6, 6.07) is -0.995. The quantitative estimate of drug-likeness (QED) is 0.552. The van der Waals surface area contributed by atoms with E-state index in [-0.39, 0.29) is 11.8 Å². The van der Waals surface area contributed by atoms with Crippen molar-refractivity contribution in [2.75, 3.05) is 6.73 Å². The molecule has 1 fully saturated rings. The van der Waals surface area contributed by atoms with Crippen molar-refractivity contribution in [3.63, 3.8) is 0 Å². The van der Waals surface area contributed by atoms with Gasteiger partial charge in [-0.1, -0.05) is 13.8 Å². The number of urea groups is 1. The number of amides is 3. The van der Waals surface area contributed by atoms with Crippen molar-refractivity contribution >= 4 is 11.9 Å². The Morgan fingerprint density at radius 1 is 1.58 bits per heavy atom. The molecule has 1 aliphatic heterocycles. The Labute approximate surface area is 70.4 Å². The van der Waals surface area contributed by atoms with Crippen molar-refractivity contribution in [3.05, 3.63) is 0 Å². The van der Waals surface area contributed by atoms with Crippen LogP contribution >= 0.6 is 0 Å². The number of nitrogens with one attached hydrogen (secondary N) is 1. The summed E-state index contributed by atoms with van der Waals surface area (Å²) in [6.07, 6.45) is 0. The van der Waals surface area contributed by atoms with E-state index in [2.05, 4.69) is 5.32 Å². The molecule has 1 aliphatic rings. The van der Waals surface area contributed by atoms with Crippen LogP contribution < -0.4 is 5.32 Å². The second-order valence-corrected chi connectivity index (χ2v) is 3.08. The molecule has 12 heavy (non-hydrogen) atoms. The molecule has 0 radical (unpaired) electrons. The molecule has 1 heterocycles. The summed E-state index contributed by atoms with van der Waals surface area (Å²) in [5.41, 5.74) is 0. The van der Waals surface area contributed by atoms with E-state index in [9.17, 15) is 9.59 Å². The number of carbonyl (C=O) groups is 2. The molecule has 1 rings (SSSR count). The number of hydrogen-bond acceptors (Lipinski definition) is 3. The molecule has 0 aromatic carbocycles. The minimum absolute atomic E-state index is 0.0537. The molecule has 3 amide bonds. The van der Waals surface area contributed by atoms with Crippen LogP contribution in [0.15, 0.2) is 0 Å². The Bertz CT molecular complexity index is 215. The van der Waals surface area contributed by atoms with E-state index in [0.717, 1.165) is 4.90 Å². The Morgan fingerprint density at radius 2 is 2.17 bits per heavy atom. The highest BCUT2D eigenvalue weighted by Crippen LogP contribution is 2.12. The van der Waals surface area contributed by atoms with Gasteiger partial charge in [0.15, 0.2) is 0 Å². The molecule has 0 saturated carbocycles. The van der Waals surface area contributed by atoms with Crippen LogP contribution in [-0.4, -0.2) is 34.7 Å². The first kappa shape index (κ1) is 8.99. The Balaban J connectivity index is 2.75. The van der Waals surface area contributed by atoms with Crippen molar-refractivity contribution in [1.29, 1.82) is 0 Å². The summed E-state index contributed by atoms with van der Waals surface area (Å²) in [4.78, 5) is 23.0. The maximum absolute atomic E-state index is 11.3. The summed E-state index contributed by atoms with van der Waals surface area (Å²) >= 11 is 0. The smallest absolute Gasteiger partial charge is 0.326 e. The molecule has 0 bridgehead atoms. The van der Waals surface area contributed by atoms with Gasteiger partial charge in [0.1, 0.15) is 12.8 Å². The average Bonchev–Trinajstić information content (AvgIpc) is 2.27. The molecule has 0 spiro atoms. The van der Waals surface area contributed by atoms with Crippen LogP contribution in [0.2, 0.25) is 0 Å². The first-order chi connectivity index (χ1) is 5.57. The number of carbonyl (C=O) groups excluding carboxylic acids is 2. The number of rotatable bonds is 2. The zero-order valence-electron chi connectivity index (χ0n) is 7.07. The molecule has 1 atom stereocenters. The van der Waals surface area contributed by atoms with E-state index in [1.807, 2.05) is 13.8 Å². The molecular weight excluding hydrogens is 160 g/mol. The molecule has 0 aromatic heterocycles. The van der Waals surface area contributed by atoms with E-state index < -0.39 is 18.8 Å². The molecule has 68 valence electrons. The molecule has 1 unspecified atom stereocenters. The average molecular weight is 172 g/mol.